The summed E-state index contributed by atoms with van der Waals surface area (Å²) in [5.41, 5.74) is -0.0471. The third-order valence-electron chi connectivity index (χ3n) is 6.85. The van der Waals surface area contributed by atoms with Gasteiger partial charge in [0, 0.05) is 61.7 Å². The maximum absolute atomic E-state index is 11.5. The van der Waals surface area contributed by atoms with Gasteiger partial charge in [0.05, 0.1) is 21.4 Å². The molecule has 232 valence electrons. The minimum absolute atomic E-state index is 0.0236. The van der Waals surface area contributed by atoms with Crippen LogP contribution >= 0.6 is 0 Å². The Labute approximate surface area is 244 Å². The lowest BCUT2D eigenvalue weighted by atomic mass is 10.0. The summed E-state index contributed by atoms with van der Waals surface area (Å²) in [5.74, 6) is 1.01. The van der Waals surface area contributed by atoms with Crippen molar-refractivity contribution in [2.45, 2.75) is 25.0 Å². The highest BCUT2D eigenvalue weighted by Gasteiger charge is 2.31. The van der Waals surface area contributed by atoms with E-state index in [9.17, 15) is 37.1 Å². The quantitative estimate of drug-likeness (QED) is 0.256. The van der Waals surface area contributed by atoms with Gasteiger partial charge < -0.3 is 20.1 Å². The number of rotatable bonds is 12. The van der Waals surface area contributed by atoms with Gasteiger partial charge in [-0.1, -0.05) is 0 Å². The first kappa shape index (κ1) is 33.2. The molecule has 0 aliphatic carbocycles. The zero-order chi connectivity index (χ0) is 30.9. The van der Waals surface area contributed by atoms with Gasteiger partial charge in [-0.2, -0.15) is 0 Å². The molecular weight excluding hydrogens is 592 g/mol. The van der Waals surface area contributed by atoms with E-state index in [-0.39, 0.29) is 34.7 Å². The zero-order valence-electron chi connectivity index (χ0n) is 23.4. The second-order valence-corrected chi connectivity index (χ2v) is 14.9. The second kappa shape index (κ2) is 14.7. The van der Waals surface area contributed by atoms with E-state index in [2.05, 4.69) is 10.6 Å². The van der Waals surface area contributed by atoms with Crippen LogP contribution in [0, 0.1) is 32.1 Å². The predicted molar refractivity (Wildman–Crippen MR) is 156 cm³/mol. The van der Waals surface area contributed by atoms with E-state index in [1.807, 2.05) is 0 Å². The van der Waals surface area contributed by atoms with Crippen molar-refractivity contribution in [1.82, 2.24) is 10.6 Å². The molecule has 0 spiro atoms. The maximum atomic E-state index is 11.5. The first-order chi connectivity index (χ1) is 19.7. The average molecular weight is 629 g/mol. The molecule has 2 aromatic carbocycles. The molecule has 2 aliphatic rings. The minimum atomic E-state index is -3.16. The summed E-state index contributed by atoms with van der Waals surface area (Å²) < 4.78 is 57.7. The van der Waals surface area contributed by atoms with Gasteiger partial charge in [-0.15, -0.1) is 0 Å². The number of hydrogen-bond donors (Lipinski definition) is 2. The van der Waals surface area contributed by atoms with E-state index < -0.39 is 41.7 Å². The summed E-state index contributed by atoms with van der Waals surface area (Å²) in [4.78, 5) is 20.2. The van der Waals surface area contributed by atoms with Crippen molar-refractivity contribution in [3.8, 4) is 11.5 Å². The highest BCUT2D eigenvalue weighted by atomic mass is 32.2. The molecule has 16 heteroatoms. The highest BCUT2D eigenvalue weighted by molar-refractivity contribution is 7.90. The summed E-state index contributed by atoms with van der Waals surface area (Å²) in [6.45, 7) is 3.11. The van der Waals surface area contributed by atoms with Crippen LogP contribution in [-0.2, 0) is 19.7 Å². The van der Waals surface area contributed by atoms with Gasteiger partial charge in [-0.3, -0.25) is 20.2 Å². The zero-order valence-corrected chi connectivity index (χ0v) is 25.0. The van der Waals surface area contributed by atoms with E-state index in [1.165, 1.54) is 61.0 Å². The van der Waals surface area contributed by atoms with Gasteiger partial charge >= 0.3 is 0 Å². The van der Waals surface area contributed by atoms with Crippen molar-refractivity contribution in [3.05, 3.63) is 68.8 Å². The van der Waals surface area contributed by atoms with Crippen molar-refractivity contribution in [3.63, 3.8) is 0 Å². The molecule has 2 saturated heterocycles. The van der Waals surface area contributed by atoms with Crippen LogP contribution in [0.1, 0.15) is 12.8 Å². The molecule has 0 bridgehead atoms. The number of benzene rings is 2. The molecule has 0 unspecified atom stereocenters. The fourth-order valence-corrected chi connectivity index (χ4v) is 6.63. The van der Waals surface area contributed by atoms with E-state index in [0.29, 0.717) is 24.6 Å². The third kappa shape index (κ3) is 11.2. The summed E-state index contributed by atoms with van der Waals surface area (Å²) in [6.07, 6.45) is 3.18. The van der Waals surface area contributed by atoms with Crippen LogP contribution in [0.5, 0.6) is 11.5 Å². The molecule has 0 aromatic heterocycles. The SMILES string of the molecule is CS(=O)(=O)C[C@@H](Oc1ccc([N+](=O)[O-])cc1)[C@H]1CCNC1.CS(=O)(=O)C[C@H](Oc1ccc([N+](=O)[O-])cc1)[C@H]1CCNC1. The molecule has 4 rings (SSSR count). The molecule has 2 fully saturated rings. The minimum Gasteiger partial charge on any atom is -0.489 e. The van der Waals surface area contributed by atoms with Crippen molar-refractivity contribution in [2.75, 3.05) is 50.2 Å². The van der Waals surface area contributed by atoms with Gasteiger partial charge in [-0.05, 0) is 50.2 Å². The van der Waals surface area contributed by atoms with Crippen LogP contribution in [-0.4, -0.2) is 89.1 Å². The van der Waals surface area contributed by atoms with Gasteiger partial charge in [-0.25, -0.2) is 16.8 Å². The van der Waals surface area contributed by atoms with Crippen LogP contribution < -0.4 is 20.1 Å². The second-order valence-electron chi connectivity index (χ2n) is 10.5. The van der Waals surface area contributed by atoms with Crippen LogP contribution in [0.2, 0.25) is 0 Å². The van der Waals surface area contributed by atoms with Crippen molar-refractivity contribution < 1.29 is 36.2 Å². The van der Waals surface area contributed by atoms with E-state index in [4.69, 9.17) is 9.47 Å². The number of sulfone groups is 2. The predicted octanol–water partition coefficient (Wildman–Crippen LogP) is 1.99. The molecule has 0 radical (unpaired) electrons. The van der Waals surface area contributed by atoms with Crippen LogP contribution in [0.4, 0.5) is 11.4 Å². The fourth-order valence-electron chi connectivity index (χ4n) is 4.76. The molecule has 4 atom stereocenters. The van der Waals surface area contributed by atoms with Gasteiger partial charge in [0.1, 0.15) is 23.7 Å². The molecule has 14 nitrogen and oxygen atoms in total. The summed E-state index contributed by atoms with van der Waals surface area (Å²) >= 11 is 0. The van der Waals surface area contributed by atoms with Gasteiger partial charge in [0.2, 0.25) is 0 Å². The molecule has 2 aliphatic heterocycles. The molecule has 2 aromatic rings. The highest BCUT2D eigenvalue weighted by Crippen LogP contribution is 2.25. The third-order valence-corrected chi connectivity index (χ3v) is 8.72. The van der Waals surface area contributed by atoms with Crippen molar-refractivity contribution in [1.29, 1.82) is 0 Å². The lowest BCUT2D eigenvalue weighted by molar-refractivity contribution is -0.385. The Kier molecular flexibility index (Phi) is 11.6. The standard InChI is InChI=1S/2C13H18N2O5S/c2*1-21(18,19)9-13(10-6-7-14-8-10)20-12-4-2-11(3-5-12)15(16)17/h2*2-5,10,13-14H,6-9H2,1H3/t10-,13+;10-,13-/m00/s1. The number of non-ortho nitro benzene ring substituents is 2. The maximum Gasteiger partial charge on any atom is 0.269 e. The summed E-state index contributed by atoms with van der Waals surface area (Å²) in [6, 6.07) is 11.4. The van der Waals surface area contributed by atoms with E-state index in [1.54, 1.807) is 0 Å². The average Bonchev–Trinajstić information content (AvgIpc) is 3.62. The number of nitro benzene ring substituents is 2. The number of nitrogens with zero attached hydrogens (tertiary/aromatic N) is 2. The Morgan fingerprint density at radius 3 is 1.29 bits per heavy atom. The van der Waals surface area contributed by atoms with E-state index in [0.717, 1.165) is 25.9 Å². The Bertz CT molecular complexity index is 1300. The topological polar surface area (TPSA) is 197 Å². The Hall–Kier alpha value is -3.34. The van der Waals surface area contributed by atoms with Crippen LogP contribution in [0.25, 0.3) is 0 Å². The molecule has 42 heavy (non-hydrogen) atoms. The number of nitrogens with one attached hydrogen (secondary N) is 2. The molecular formula is C26H36N4O10S2. The molecule has 0 amide bonds. The number of ether oxygens (including phenoxy) is 2. The lowest BCUT2D eigenvalue weighted by Crippen LogP contribution is -2.35. The van der Waals surface area contributed by atoms with Crippen molar-refractivity contribution in [2.24, 2.45) is 11.8 Å². The van der Waals surface area contributed by atoms with E-state index >= 15 is 0 Å². The normalized spacial score (nSPS) is 20.1. The van der Waals surface area contributed by atoms with Gasteiger partial charge in [0.25, 0.3) is 11.4 Å². The largest absolute Gasteiger partial charge is 0.489 e. The Morgan fingerprint density at radius 1 is 0.714 bits per heavy atom. The van der Waals surface area contributed by atoms with Gasteiger partial charge in [0.15, 0.2) is 19.7 Å². The summed E-state index contributed by atoms with van der Waals surface area (Å²) in [5, 5.41) is 27.6. The Balaban J connectivity index is 0.000000230. The molecule has 0 saturated carbocycles. The number of nitro groups is 2. The monoisotopic (exact) mass is 628 g/mol. The lowest BCUT2D eigenvalue weighted by Gasteiger charge is -2.23. The smallest absolute Gasteiger partial charge is 0.269 e. The molecule has 2 heterocycles. The first-order valence-electron chi connectivity index (χ1n) is 13.3. The van der Waals surface area contributed by atoms with Crippen LogP contribution in [0.15, 0.2) is 48.5 Å². The Morgan fingerprint density at radius 2 is 1.05 bits per heavy atom. The van der Waals surface area contributed by atoms with Crippen molar-refractivity contribution >= 4 is 31.0 Å². The number of hydrogen-bond acceptors (Lipinski definition) is 12. The first-order valence-corrected chi connectivity index (χ1v) is 17.4. The molecule has 2 N–H and O–H groups in total. The summed E-state index contributed by atoms with van der Waals surface area (Å²) in [7, 11) is -6.33. The fraction of sp³-hybridized carbons (Fsp3) is 0.538. The van der Waals surface area contributed by atoms with Crippen LogP contribution in [0.3, 0.4) is 0 Å².